The maximum absolute atomic E-state index is 13.5. The van der Waals surface area contributed by atoms with Crippen LogP contribution in [0.15, 0.2) is 29.8 Å². The van der Waals surface area contributed by atoms with Gasteiger partial charge in [-0.1, -0.05) is 11.6 Å². The lowest BCUT2D eigenvalue weighted by Crippen LogP contribution is -2.62. The molecule has 3 amide bonds. The molecule has 1 aromatic carbocycles. The molecule has 7 nitrogen and oxygen atoms in total. The molecule has 0 saturated carbocycles. The van der Waals surface area contributed by atoms with Crippen LogP contribution in [0.2, 0.25) is 0 Å². The fourth-order valence-corrected chi connectivity index (χ4v) is 5.62. The largest absolute Gasteiger partial charge is 0.497 e. The van der Waals surface area contributed by atoms with Crippen LogP contribution in [0.4, 0.5) is 5.69 Å². The van der Waals surface area contributed by atoms with Crippen molar-refractivity contribution in [1.82, 2.24) is 9.80 Å². The monoisotopic (exact) mass is 395 g/mol. The molecule has 29 heavy (non-hydrogen) atoms. The summed E-state index contributed by atoms with van der Waals surface area (Å²) in [7, 11) is 1.59. The zero-order chi connectivity index (χ0) is 20.5. The summed E-state index contributed by atoms with van der Waals surface area (Å²) < 4.78 is 5.41. The fourth-order valence-electron chi connectivity index (χ4n) is 5.62. The minimum absolute atomic E-state index is 0.0275. The molecule has 4 aliphatic rings. The number of nitrogens with zero attached hydrogens (tertiary/aromatic N) is 2. The van der Waals surface area contributed by atoms with Gasteiger partial charge in [-0.05, 0) is 56.9 Å². The lowest BCUT2D eigenvalue weighted by atomic mass is 9.73. The Kier molecular flexibility index (Phi) is 3.82. The van der Waals surface area contributed by atoms with Crippen LogP contribution in [0, 0.1) is 0 Å². The number of piperazine rings is 1. The summed E-state index contributed by atoms with van der Waals surface area (Å²) in [6, 6.07) is 4.01. The van der Waals surface area contributed by atoms with E-state index < -0.39 is 23.5 Å². The van der Waals surface area contributed by atoms with E-state index in [0.29, 0.717) is 25.1 Å². The standard InChI is InChI=1S/C22H25N3O4/c1-12(2)9-18-22(14-10-13(29-3)6-7-15(14)23-21(22)28)11-17-19(26)24-8-4-5-16(24)20(27)25(17)18/h6-7,9-10,16-18H,4-5,8,11H2,1-3H3,(H,23,28)/t16-,17-,18-,22-/m0/s1. The van der Waals surface area contributed by atoms with Crippen LogP contribution in [-0.4, -0.2) is 59.3 Å². The SMILES string of the molecule is COc1ccc2c(c1)[C@]1(C[C@H]3C(=O)N4CCC[C@H]4C(=O)N3[C@H]1C=C(C)C)C(=O)N2. The first-order valence-corrected chi connectivity index (χ1v) is 10.2. The van der Waals surface area contributed by atoms with Gasteiger partial charge in [0.1, 0.15) is 23.2 Å². The summed E-state index contributed by atoms with van der Waals surface area (Å²) in [5, 5.41) is 2.99. The molecule has 0 radical (unpaired) electrons. The van der Waals surface area contributed by atoms with E-state index in [9.17, 15) is 14.4 Å². The van der Waals surface area contributed by atoms with Gasteiger partial charge in [0.15, 0.2) is 0 Å². The van der Waals surface area contributed by atoms with Gasteiger partial charge in [-0.25, -0.2) is 0 Å². The molecule has 0 unspecified atom stereocenters. The van der Waals surface area contributed by atoms with E-state index in [1.165, 1.54) is 0 Å². The molecule has 1 spiro atoms. The molecule has 0 aliphatic carbocycles. The predicted molar refractivity (Wildman–Crippen MR) is 107 cm³/mol. The first-order valence-electron chi connectivity index (χ1n) is 10.2. The molecule has 1 aromatic rings. The molecule has 4 heterocycles. The number of fused-ring (bicyclic) bond motifs is 4. The second-order valence-electron chi connectivity index (χ2n) is 8.68. The van der Waals surface area contributed by atoms with Gasteiger partial charge >= 0.3 is 0 Å². The van der Waals surface area contributed by atoms with Crippen molar-refractivity contribution in [2.75, 3.05) is 19.0 Å². The van der Waals surface area contributed by atoms with Crippen molar-refractivity contribution >= 4 is 23.4 Å². The Labute approximate surface area is 169 Å². The average Bonchev–Trinajstić information content (AvgIpc) is 3.37. The number of rotatable bonds is 2. The van der Waals surface area contributed by atoms with Crippen molar-refractivity contribution in [2.45, 2.75) is 56.7 Å². The Hall–Kier alpha value is -2.83. The van der Waals surface area contributed by atoms with E-state index >= 15 is 0 Å². The van der Waals surface area contributed by atoms with Crippen molar-refractivity contribution in [2.24, 2.45) is 0 Å². The summed E-state index contributed by atoms with van der Waals surface area (Å²) in [5.74, 6) is 0.438. The third kappa shape index (κ3) is 2.27. The molecule has 3 fully saturated rings. The zero-order valence-electron chi connectivity index (χ0n) is 16.9. The molecular formula is C22H25N3O4. The third-order valence-corrected chi connectivity index (χ3v) is 6.87. The molecule has 152 valence electrons. The molecule has 0 bridgehead atoms. The molecular weight excluding hydrogens is 370 g/mol. The van der Waals surface area contributed by atoms with Crippen molar-refractivity contribution in [3.8, 4) is 5.75 Å². The lowest BCUT2D eigenvalue weighted by Gasteiger charge is -2.41. The molecule has 4 aliphatic heterocycles. The molecule has 0 aromatic heterocycles. The van der Waals surface area contributed by atoms with Crippen LogP contribution in [0.1, 0.15) is 38.7 Å². The zero-order valence-corrected chi connectivity index (χ0v) is 16.9. The highest BCUT2D eigenvalue weighted by Gasteiger charge is 2.66. The lowest BCUT2D eigenvalue weighted by molar-refractivity contribution is -0.158. The van der Waals surface area contributed by atoms with Gasteiger partial charge < -0.3 is 19.9 Å². The molecule has 3 saturated heterocycles. The quantitative estimate of drug-likeness (QED) is 0.775. The Bertz CT molecular complexity index is 967. The van der Waals surface area contributed by atoms with Gasteiger partial charge in [-0.15, -0.1) is 0 Å². The summed E-state index contributed by atoms with van der Waals surface area (Å²) >= 11 is 0. The minimum Gasteiger partial charge on any atom is -0.497 e. The van der Waals surface area contributed by atoms with E-state index in [4.69, 9.17) is 4.74 Å². The van der Waals surface area contributed by atoms with Crippen LogP contribution in [-0.2, 0) is 19.8 Å². The number of nitrogens with one attached hydrogen (secondary N) is 1. The van der Waals surface area contributed by atoms with Gasteiger partial charge in [-0.3, -0.25) is 14.4 Å². The first kappa shape index (κ1) is 18.2. The Morgan fingerprint density at radius 3 is 2.72 bits per heavy atom. The number of anilines is 1. The number of carbonyl (C=O) groups excluding carboxylic acids is 3. The molecule has 5 rings (SSSR count). The number of methoxy groups -OCH3 is 1. The Morgan fingerprint density at radius 1 is 1.21 bits per heavy atom. The number of benzene rings is 1. The molecule has 7 heteroatoms. The number of allylic oxidation sites excluding steroid dienone is 1. The maximum Gasteiger partial charge on any atom is 0.246 e. The Morgan fingerprint density at radius 2 is 2.00 bits per heavy atom. The van der Waals surface area contributed by atoms with Gasteiger partial charge in [0.05, 0.1) is 13.2 Å². The van der Waals surface area contributed by atoms with E-state index in [2.05, 4.69) is 5.32 Å². The number of ether oxygens (including phenoxy) is 1. The van der Waals surface area contributed by atoms with Crippen LogP contribution in [0.3, 0.4) is 0 Å². The highest BCUT2D eigenvalue weighted by atomic mass is 16.5. The summed E-state index contributed by atoms with van der Waals surface area (Å²) in [6.45, 7) is 4.54. The third-order valence-electron chi connectivity index (χ3n) is 6.87. The van der Waals surface area contributed by atoms with E-state index in [1.54, 1.807) is 16.9 Å². The number of carbonyl (C=O) groups is 3. The highest BCUT2D eigenvalue weighted by molar-refractivity contribution is 6.10. The van der Waals surface area contributed by atoms with E-state index in [0.717, 1.165) is 23.2 Å². The highest BCUT2D eigenvalue weighted by Crippen LogP contribution is 2.53. The van der Waals surface area contributed by atoms with Crippen molar-refractivity contribution in [3.63, 3.8) is 0 Å². The van der Waals surface area contributed by atoms with Crippen LogP contribution < -0.4 is 10.1 Å². The fraction of sp³-hybridized carbons (Fsp3) is 0.500. The van der Waals surface area contributed by atoms with Crippen LogP contribution in [0.5, 0.6) is 5.75 Å². The summed E-state index contributed by atoms with van der Waals surface area (Å²) in [5.41, 5.74) is 1.55. The van der Waals surface area contributed by atoms with Crippen molar-refractivity contribution in [3.05, 3.63) is 35.4 Å². The van der Waals surface area contributed by atoms with Gasteiger partial charge in [0.25, 0.3) is 0 Å². The second kappa shape index (κ2) is 6.08. The minimum atomic E-state index is -0.989. The smallest absolute Gasteiger partial charge is 0.246 e. The van der Waals surface area contributed by atoms with Crippen molar-refractivity contribution < 1.29 is 19.1 Å². The summed E-state index contributed by atoms with van der Waals surface area (Å²) in [6.07, 6.45) is 3.81. The number of hydrogen-bond donors (Lipinski definition) is 1. The average molecular weight is 395 g/mol. The predicted octanol–water partition coefficient (Wildman–Crippen LogP) is 1.83. The molecule has 1 N–H and O–H groups in total. The van der Waals surface area contributed by atoms with Gasteiger partial charge in [0, 0.05) is 12.2 Å². The first-order chi connectivity index (χ1) is 13.9. The molecule has 4 atom stereocenters. The van der Waals surface area contributed by atoms with Gasteiger partial charge in [-0.2, -0.15) is 0 Å². The Balaban J connectivity index is 1.71. The second-order valence-corrected chi connectivity index (χ2v) is 8.68. The number of amides is 3. The number of hydrogen-bond acceptors (Lipinski definition) is 4. The van der Waals surface area contributed by atoms with Crippen molar-refractivity contribution in [1.29, 1.82) is 0 Å². The topological polar surface area (TPSA) is 79.0 Å². The maximum atomic E-state index is 13.5. The normalized spacial score (nSPS) is 32.2. The summed E-state index contributed by atoms with van der Waals surface area (Å²) in [4.78, 5) is 43.6. The van der Waals surface area contributed by atoms with E-state index in [1.807, 2.05) is 38.1 Å². The van der Waals surface area contributed by atoms with Crippen LogP contribution in [0.25, 0.3) is 0 Å². The van der Waals surface area contributed by atoms with E-state index in [-0.39, 0.29) is 17.7 Å². The van der Waals surface area contributed by atoms with Gasteiger partial charge in [0.2, 0.25) is 17.7 Å². The van der Waals surface area contributed by atoms with Crippen LogP contribution >= 0.6 is 0 Å².